The van der Waals surface area contributed by atoms with Crippen molar-refractivity contribution in [1.29, 1.82) is 0 Å². The van der Waals surface area contributed by atoms with E-state index in [0.717, 1.165) is 11.3 Å². The van der Waals surface area contributed by atoms with Crippen LogP contribution < -0.4 is 10.5 Å². The maximum absolute atomic E-state index is 12.1. The van der Waals surface area contributed by atoms with Crippen LogP contribution in [0.5, 0.6) is 5.75 Å². The summed E-state index contributed by atoms with van der Waals surface area (Å²) in [7, 11) is 1.64. The van der Waals surface area contributed by atoms with Gasteiger partial charge < -0.3 is 10.5 Å². The quantitative estimate of drug-likeness (QED) is 0.816. The number of hydrogen-bond acceptors (Lipinski definition) is 3. The van der Waals surface area contributed by atoms with Crippen molar-refractivity contribution in [3.8, 4) is 5.75 Å². The average molecular weight is 249 g/mol. The number of rotatable bonds is 5. The van der Waals surface area contributed by atoms with Crippen LogP contribution in [0.25, 0.3) is 0 Å². The van der Waals surface area contributed by atoms with E-state index in [-0.39, 0.29) is 5.78 Å². The molecule has 0 unspecified atom stereocenters. The molecular weight excluding hydrogens is 226 g/mol. The van der Waals surface area contributed by atoms with Crippen LogP contribution in [0.1, 0.15) is 56.0 Å². The van der Waals surface area contributed by atoms with Crippen molar-refractivity contribution in [1.82, 2.24) is 0 Å². The summed E-state index contributed by atoms with van der Waals surface area (Å²) in [6.07, 6.45) is 0.344. The topological polar surface area (TPSA) is 52.3 Å². The summed E-state index contributed by atoms with van der Waals surface area (Å²) in [6, 6.07) is 5.57. The van der Waals surface area contributed by atoms with Crippen molar-refractivity contribution in [2.24, 2.45) is 5.73 Å². The fourth-order valence-electron chi connectivity index (χ4n) is 1.87. The molecule has 0 heterocycles. The molecule has 0 fully saturated rings. The molecule has 3 heteroatoms. The van der Waals surface area contributed by atoms with Gasteiger partial charge in [-0.3, -0.25) is 4.79 Å². The number of benzene rings is 1. The highest BCUT2D eigenvalue weighted by molar-refractivity contribution is 5.97. The zero-order valence-electron chi connectivity index (χ0n) is 11.9. The molecule has 1 rings (SSSR count). The first kappa shape index (κ1) is 14.7. The predicted octanol–water partition coefficient (Wildman–Crippen LogP) is 3.13. The Morgan fingerprint density at radius 2 is 2.00 bits per heavy atom. The second-order valence-electron chi connectivity index (χ2n) is 5.70. The molecule has 2 N–H and O–H groups in total. The van der Waals surface area contributed by atoms with Crippen molar-refractivity contribution < 1.29 is 9.53 Å². The normalized spacial score (nSPS) is 11.7. The number of nitrogens with two attached hydrogens (primary N) is 1. The second-order valence-corrected chi connectivity index (χ2v) is 5.70. The van der Waals surface area contributed by atoms with E-state index in [4.69, 9.17) is 10.5 Å². The molecule has 1 aromatic rings. The first-order valence-corrected chi connectivity index (χ1v) is 6.24. The molecule has 0 saturated carbocycles. The summed E-state index contributed by atoms with van der Waals surface area (Å²) in [5.74, 6) is 1.22. The van der Waals surface area contributed by atoms with Gasteiger partial charge in [-0.1, -0.05) is 13.8 Å². The van der Waals surface area contributed by atoms with Gasteiger partial charge in [-0.25, -0.2) is 0 Å². The smallest absolute Gasteiger partial charge is 0.164 e. The minimum Gasteiger partial charge on any atom is -0.496 e. The van der Waals surface area contributed by atoms with Crippen LogP contribution in [-0.2, 0) is 0 Å². The summed E-state index contributed by atoms with van der Waals surface area (Å²) in [6.45, 7) is 7.88. The Labute approximate surface area is 109 Å². The van der Waals surface area contributed by atoms with E-state index in [9.17, 15) is 4.79 Å². The van der Waals surface area contributed by atoms with Gasteiger partial charge in [0.2, 0.25) is 0 Å². The molecule has 1 aromatic carbocycles. The van der Waals surface area contributed by atoms with Gasteiger partial charge in [-0.15, -0.1) is 0 Å². The van der Waals surface area contributed by atoms with Crippen LogP contribution in [0.2, 0.25) is 0 Å². The van der Waals surface area contributed by atoms with E-state index in [1.807, 2.05) is 26.0 Å². The second kappa shape index (κ2) is 5.53. The highest BCUT2D eigenvalue weighted by atomic mass is 16.5. The van der Waals surface area contributed by atoms with E-state index in [1.165, 1.54) is 0 Å². The number of carbonyl (C=O) groups is 1. The lowest BCUT2D eigenvalue weighted by molar-refractivity contribution is 0.0960. The molecule has 0 aromatic heterocycles. The third kappa shape index (κ3) is 3.84. The number of carbonyl (C=O) groups excluding carboxylic acids is 1. The van der Waals surface area contributed by atoms with E-state index in [0.29, 0.717) is 17.9 Å². The third-order valence-electron chi connectivity index (χ3n) is 2.79. The van der Waals surface area contributed by atoms with Crippen molar-refractivity contribution >= 4 is 5.78 Å². The van der Waals surface area contributed by atoms with Crippen molar-refractivity contribution in [2.75, 3.05) is 7.11 Å². The van der Waals surface area contributed by atoms with Crippen LogP contribution in [-0.4, -0.2) is 18.4 Å². The SMILES string of the molecule is COc1ccc(C(=O)CC(C)(C)N)cc1C(C)C. The van der Waals surface area contributed by atoms with E-state index < -0.39 is 5.54 Å². The molecule has 0 saturated heterocycles. The zero-order valence-corrected chi connectivity index (χ0v) is 11.9. The fraction of sp³-hybridized carbons (Fsp3) is 0.533. The lowest BCUT2D eigenvalue weighted by atomic mass is 9.92. The van der Waals surface area contributed by atoms with Gasteiger partial charge >= 0.3 is 0 Å². The maximum Gasteiger partial charge on any atom is 0.164 e. The number of ether oxygens (including phenoxy) is 1. The average Bonchev–Trinajstić information content (AvgIpc) is 2.25. The number of ketones is 1. The Morgan fingerprint density at radius 1 is 1.39 bits per heavy atom. The predicted molar refractivity (Wildman–Crippen MR) is 74.3 cm³/mol. The monoisotopic (exact) mass is 249 g/mol. The molecule has 0 aliphatic carbocycles. The third-order valence-corrected chi connectivity index (χ3v) is 2.79. The lowest BCUT2D eigenvalue weighted by Gasteiger charge is -2.18. The van der Waals surface area contributed by atoms with Crippen molar-refractivity contribution in [2.45, 2.75) is 45.6 Å². The first-order chi connectivity index (χ1) is 8.24. The number of hydrogen-bond donors (Lipinski definition) is 1. The number of Topliss-reactive ketones (excluding diaryl/α,β-unsaturated/α-hetero) is 1. The Morgan fingerprint density at radius 3 is 2.44 bits per heavy atom. The van der Waals surface area contributed by atoms with Gasteiger partial charge in [0, 0.05) is 17.5 Å². The lowest BCUT2D eigenvalue weighted by Crippen LogP contribution is -2.34. The molecule has 0 atom stereocenters. The number of methoxy groups -OCH3 is 1. The minimum absolute atomic E-state index is 0.0760. The molecule has 0 aliphatic heterocycles. The van der Waals surface area contributed by atoms with E-state index >= 15 is 0 Å². The molecular formula is C15H23NO2. The van der Waals surface area contributed by atoms with Crippen LogP contribution in [0, 0.1) is 0 Å². The molecule has 18 heavy (non-hydrogen) atoms. The first-order valence-electron chi connectivity index (χ1n) is 6.24. The summed E-state index contributed by atoms with van der Waals surface area (Å²) >= 11 is 0. The molecule has 0 radical (unpaired) electrons. The van der Waals surface area contributed by atoms with Crippen molar-refractivity contribution in [3.63, 3.8) is 0 Å². The van der Waals surface area contributed by atoms with Gasteiger partial charge in [-0.2, -0.15) is 0 Å². The summed E-state index contributed by atoms with van der Waals surface area (Å²) in [5.41, 5.74) is 7.17. The Balaban J connectivity index is 3.05. The Hall–Kier alpha value is -1.35. The van der Waals surface area contributed by atoms with Gasteiger partial charge in [0.05, 0.1) is 7.11 Å². The summed E-state index contributed by atoms with van der Waals surface area (Å²) in [4.78, 5) is 12.1. The van der Waals surface area contributed by atoms with Crippen LogP contribution in [0.4, 0.5) is 0 Å². The van der Waals surface area contributed by atoms with Crippen LogP contribution in [0.3, 0.4) is 0 Å². The Kier molecular flexibility index (Phi) is 4.52. The minimum atomic E-state index is -0.477. The molecule has 0 amide bonds. The van der Waals surface area contributed by atoms with Crippen molar-refractivity contribution in [3.05, 3.63) is 29.3 Å². The van der Waals surface area contributed by atoms with E-state index in [2.05, 4.69) is 13.8 Å². The van der Waals surface area contributed by atoms with Crippen LogP contribution >= 0.6 is 0 Å². The summed E-state index contributed by atoms with van der Waals surface area (Å²) in [5, 5.41) is 0. The fourth-order valence-corrected chi connectivity index (χ4v) is 1.87. The standard InChI is InChI=1S/C15H23NO2/c1-10(2)12-8-11(6-7-14(12)18-5)13(17)9-15(3,4)16/h6-8,10H,9,16H2,1-5H3. The largest absolute Gasteiger partial charge is 0.496 e. The molecule has 100 valence electrons. The summed E-state index contributed by atoms with van der Waals surface area (Å²) < 4.78 is 5.31. The van der Waals surface area contributed by atoms with Crippen LogP contribution in [0.15, 0.2) is 18.2 Å². The highest BCUT2D eigenvalue weighted by Gasteiger charge is 2.19. The van der Waals surface area contributed by atoms with Gasteiger partial charge in [0.1, 0.15) is 5.75 Å². The van der Waals surface area contributed by atoms with Gasteiger partial charge in [0.15, 0.2) is 5.78 Å². The zero-order chi connectivity index (χ0) is 13.9. The Bertz CT molecular complexity index is 431. The van der Waals surface area contributed by atoms with E-state index in [1.54, 1.807) is 13.2 Å². The molecule has 0 spiro atoms. The van der Waals surface area contributed by atoms with Gasteiger partial charge in [-0.05, 0) is 43.5 Å². The van der Waals surface area contributed by atoms with Gasteiger partial charge in [0.25, 0.3) is 0 Å². The molecule has 0 aliphatic rings. The molecule has 0 bridgehead atoms. The molecule has 3 nitrogen and oxygen atoms in total. The maximum atomic E-state index is 12.1. The highest BCUT2D eigenvalue weighted by Crippen LogP contribution is 2.28.